The number of benzene rings is 1. The summed E-state index contributed by atoms with van der Waals surface area (Å²) in [6.45, 7) is 3.35. The van der Waals surface area contributed by atoms with Gasteiger partial charge in [-0.15, -0.1) is 0 Å². The highest BCUT2D eigenvalue weighted by molar-refractivity contribution is 5.91. The minimum Gasteiger partial charge on any atom is -0.299 e. The zero-order valence-corrected chi connectivity index (χ0v) is 8.43. The molecule has 0 aromatic heterocycles. The number of carbonyl (C=O) groups is 1. The van der Waals surface area contributed by atoms with E-state index >= 15 is 0 Å². The lowest BCUT2D eigenvalue weighted by atomic mass is 9.91. The van der Waals surface area contributed by atoms with Crippen LogP contribution in [0.15, 0.2) is 18.2 Å². The molecule has 74 valence electrons. The van der Waals surface area contributed by atoms with Crippen molar-refractivity contribution in [3.8, 4) is 0 Å². The smallest absolute Gasteiger partial charge is 0.140 e. The summed E-state index contributed by atoms with van der Waals surface area (Å²) in [6.07, 6.45) is 1.82. The maximum atomic E-state index is 13.0. The van der Waals surface area contributed by atoms with Gasteiger partial charge in [-0.25, -0.2) is 4.39 Å². The van der Waals surface area contributed by atoms with Crippen molar-refractivity contribution in [2.75, 3.05) is 0 Å². The van der Waals surface area contributed by atoms with Crippen molar-refractivity contribution in [1.29, 1.82) is 0 Å². The molecule has 1 aromatic carbocycles. The fourth-order valence-electron chi connectivity index (χ4n) is 1.91. The van der Waals surface area contributed by atoms with Crippen LogP contribution in [0.25, 0.3) is 0 Å². The second kappa shape index (κ2) is 2.91. The largest absolute Gasteiger partial charge is 0.299 e. The van der Waals surface area contributed by atoms with Gasteiger partial charge < -0.3 is 0 Å². The van der Waals surface area contributed by atoms with E-state index in [0.717, 1.165) is 18.4 Å². The van der Waals surface area contributed by atoms with Crippen LogP contribution in [0.5, 0.6) is 0 Å². The molecule has 1 fully saturated rings. The van der Waals surface area contributed by atoms with Crippen LogP contribution in [0.1, 0.15) is 30.9 Å². The van der Waals surface area contributed by atoms with Crippen LogP contribution >= 0.6 is 0 Å². The van der Waals surface area contributed by atoms with Crippen LogP contribution < -0.4 is 0 Å². The van der Waals surface area contributed by atoms with Crippen LogP contribution in [-0.4, -0.2) is 5.78 Å². The fraction of sp³-hybridized carbons (Fsp3) is 0.417. The summed E-state index contributed by atoms with van der Waals surface area (Å²) in [6, 6.07) is 4.98. The van der Waals surface area contributed by atoms with E-state index in [1.54, 1.807) is 26.0 Å². The van der Waals surface area contributed by atoms with E-state index in [1.807, 2.05) is 0 Å². The zero-order chi connectivity index (χ0) is 10.3. The van der Waals surface area contributed by atoms with E-state index in [0.29, 0.717) is 5.56 Å². The number of hydrogen-bond acceptors (Lipinski definition) is 1. The van der Waals surface area contributed by atoms with Gasteiger partial charge in [0.2, 0.25) is 0 Å². The van der Waals surface area contributed by atoms with Gasteiger partial charge in [0.05, 0.1) is 5.41 Å². The molecule has 1 aliphatic rings. The third-order valence-corrected chi connectivity index (χ3v) is 3.13. The molecule has 0 aliphatic heterocycles. The third kappa shape index (κ3) is 1.26. The Bertz CT molecular complexity index is 391. The Hall–Kier alpha value is -1.18. The minimum atomic E-state index is -0.279. The summed E-state index contributed by atoms with van der Waals surface area (Å²) < 4.78 is 13.0. The predicted octanol–water partition coefficient (Wildman–Crippen LogP) is 2.75. The number of rotatable bonds is 2. The molecule has 1 aliphatic carbocycles. The molecule has 0 amide bonds. The summed E-state index contributed by atoms with van der Waals surface area (Å²) in [5.41, 5.74) is 1.32. The van der Waals surface area contributed by atoms with E-state index in [-0.39, 0.29) is 17.0 Å². The minimum absolute atomic E-state index is 0.198. The van der Waals surface area contributed by atoms with Crippen molar-refractivity contribution < 1.29 is 9.18 Å². The Balaban J connectivity index is 2.43. The molecule has 0 bridgehead atoms. The molecule has 0 unspecified atom stereocenters. The van der Waals surface area contributed by atoms with Gasteiger partial charge in [-0.2, -0.15) is 0 Å². The van der Waals surface area contributed by atoms with Crippen LogP contribution in [0.2, 0.25) is 0 Å². The molecule has 14 heavy (non-hydrogen) atoms. The lowest BCUT2D eigenvalue weighted by molar-refractivity contribution is -0.119. The number of hydrogen-bond donors (Lipinski definition) is 0. The first-order valence-corrected chi connectivity index (χ1v) is 4.84. The average Bonchev–Trinajstić information content (AvgIpc) is 2.90. The number of carbonyl (C=O) groups excluding carboxylic acids is 1. The normalized spacial score (nSPS) is 17.9. The van der Waals surface area contributed by atoms with Gasteiger partial charge in [-0.05, 0) is 43.9 Å². The molecule has 1 nitrogen and oxygen atoms in total. The molecule has 0 radical (unpaired) electrons. The van der Waals surface area contributed by atoms with Crippen LogP contribution in [0, 0.1) is 12.7 Å². The highest BCUT2D eigenvalue weighted by Crippen LogP contribution is 2.49. The maximum Gasteiger partial charge on any atom is 0.140 e. The van der Waals surface area contributed by atoms with E-state index in [1.165, 1.54) is 6.07 Å². The quantitative estimate of drug-likeness (QED) is 0.704. The van der Waals surface area contributed by atoms with E-state index in [2.05, 4.69) is 0 Å². The first-order valence-electron chi connectivity index (χ1n) is 4.84. The number of halogens is 1. The zero-order valence-electron chi connectivity index (χ0n) is 8.43. The molecule has 0 N–H and O–H groups in total. The lowest BCUT2D eigenvalue weighted by Crippen LogP contribution is -2.17. The Kier molecular flexibility index (Phi) is 1.95. The summed E-state index contributed by atoms with van der Waals surface area (Å²) in [5.74, 6) is -0.00314. The number of Topliss-reactive ketones (excluding diaryl/α,β-unsaturated/α-hetero) is 1. The van der Waals surface area contributed by atoms with Crippen LogP contribution in [-0.2, 0) is 10.2 Å². The van der Waals surface area contributed by atoms with Crippen molar-refractivity contribution in [3.05, 3.63) is 35.1 Å². The SMILES string of the molecule is CC(=O)C1(c2ccc(F)c(C)c2)CC1. The van der Waals surface area contributed by atoms with E-state index in [4.69, 9.17) is 0 Å². The van der Waals surface area contributed by atoms with Gasteiger partial charge in [0.1, 0.15) is 11.6 Å². The molecule has 2 heteroatoms. The standard InChI is InChI=1S/C12H13FO/c1-8-7-10(3-4-11(8)13)12(5-6-12)9(2)14/h3-4,7H,5-6H2,1-2H3. The molecule has 2 rings (SSSR count). The highest BCUT2D eigenvalue weighted by Gasteiger charge is 2.48. The first-order chi connectivity index (χ1) is 6.56. The van der Waals surface area contributed by atoms with Gasteiger partial charge in [-0.1, -0.05) is 12.1 Å². The van der Waals surface area contributed by atoms with Gasteiger partial charge in [0.25, 0.3) is 0 Å². The Morgan fingerprint density at radius 3 is 2.50 bits per heavy atom. The molecule has 0 atom stereocenters. The van der Waals surface area contributed by atoms with Crippen molar-refractivity contribution in [2.45, 2.75) is 32.1 Å². The van der Waals surface area contributed by atoms with Crippen molar-refractivity contribution in [1.82, 2.24) is 0 Å². The highest BCUT2D eigenvalue weighted by atomic mass is 19.1. The van der Waals surface area contributed by atoms with Gasteiger partial charge in [-0.3, -0.25) is 4.79 Å². The summed E-state index contributed by atoms with van der Waals surface area (Å²) in [4.78, 5) is 11.4. The molecule has 1 aromatic rings. The van der Waals surface area contributed by atoms with Crippen molar-refractivity contribution in [2.24, 2.45) is 0 Å². The van der Waals surface area contributed by atoms with Crippen molar-refractivity contribution in [3.63, 3.8) is 0 Å². The first kappa shape index (κ1) is 9.38. The van der Waals surface area contributed by atoms with Crippen molar-refractivity contribution >= 4 is 5.78 Å². The summed E-state index contributed by atoms with van der Waals surface area (Å²) >= 11 is 0. The molecule has 0 spiro atoms. The Morgan fingerprint density at radius 2 is 2.07 bits per heavy atom. The average molecular weight is 192 g/mol. The third-order valence-electron chi connectivity index (χ3n) is 3.13. The predicted molar refractivity (Wildman–Crippen MR) is 52.7 cm³/mol. The molecular formula is C12H13FO. The Labute approximate surface area is 82.9 Å². The van der Waals surface area contributed by atoms with Gasteiger partial charge in [0.15, 0.2) is 0 Å². The van der Waals surface area contributed by atoms with E-state index in [9.17, 15) is 9.18 Å². The van der Waals surface area contributed by atoms with Crippen LogP contribution in [0.4, 0.5) is 4.39 Å². The summed E-state index contributed by atoms with van der Waals surface area (Å²) in [5, 5.41) is 0. The second-order valence-corrected chi connectivity index (χ2v) is 4.10. The maximum absolute atomic E-state index is 13.0. The van der Waals surface area contributed by atoms with Gasteiger partial charge in [0, 0.05) is 0 Å². The van der Waals surface area contributed by atoms with Gasteiger partial charge >= 0.3 is 0 Å². The molecular weight excluding hydrogens is 179 g/mol. The molecule has 0 heterocycles. The molecule has 0 saturated heterocycles. The second-order valence-electron chi connectivity index (χ2n) is 4.10. The summed E-state index contributed by atoms with van der Waals surface area (Å²) in [7, 11) is 0. The van der Waals surface area contributed by atoms with Crippen LogP contribution in [0.3, 0.4) is 0 Å². The Morgan fingerprint density at radius 1 is 1.43 bits per heavy atom. The lowest BCUT2D eigenvalue weighted by Gasteiger charge is -2.12. The fourth-order valence-corrected chi connectivity index (χ4v) is 1.91. The number of ketones is 1. The number of aryl methyl sites for hydroxylation is 1. The topological polar surface area (TPSA) is 17.1 Å². The monoisotopic (exact) mass is 192 g/mol. The molecule has 1 saturated carbocycles. The van der Waals surface area contributed by atoms with E-state index < -0.39 is 0 Å².